The number of aliphatic hydroxyl groups is 1. The summed E-state index contributed by atoms with van der Waals surface area (Å²) >= 11 is 0. The lowest BCUT2D eigenvalue weighted by atomic mass is 9.71. The van der Waals surface area contributed by atoms with Gasteiger partial charge in [-0.05, 0) is 43.4 Å². The molecule has 0 amide bonds. The van der Waals surface area contributed by atoms with Crippen molar-refractivity contribution in [3.8, 4) is 0 Å². The summed E-state index contributed by atoms with van der Waals surface area (Å²) in [6.07, 6.45) is 6.51. The Morgan fingerprint density at radius 2 is 2.06 bits per heavy atom. The largest absolute Gasteiger partial charge is 0.395 e. The number of hydrogen-bond acceptors (Lipinski definition) is 3. The van der Waals surface area contributed by atoms with E-state index in [9.17, 15) is 5.11 Å². The first-order valence-corrected chi connectivity index (χ1v) is 7.47. The van der Waals surface area contributed by atoms with Crippen LogP contribution in [0.5, 0.6) is 0 Å². The Morgan fingerprint density at radius 3 is 2.61 bits per heavy atom. The van der Waals surface area contributed by atoms with Crippen molar-refractivity contribution in [3.05, 3.63) is 0 Å². The van der Waals surface area contributed by atoms with Crippen LogP contribution >= 0.6 is 0 Å². The lowest BCUT2D eigenvalue weighted by Gasteiger charge is -2.39. The summed E-state index contributed by atoms with van der Waals surface area (Å²) in [5.74, 6) is 0.753. The molecule has 3 heteroatoms. The molecule has 0 heterocycles. The lowest BCUT2D eigenvalue weighted by molar-refractivity contribution is -0.0354. The van der Waals surface area contributed by atoms with Crippen molar-refractivity contribution in [2.45, 2.75) is 71.1 Å². The Balaban J connectivity index is 1.73. The molecule has 0 saturated heterocycles. The van der Waals surface area contributed by atoms with Crippen LogP contribution in [0.25, 0.3) is 0 Å². The Kier molecular flexibility index (Phi) is 4.68. The standard InChI is InChI=1S/C15H29NO2/c1-11-6-14(8-15(2,3)7-11)18-10-13(9-17)16-12-4-5-12/h11-14,16-17H,4-10H2,1-3H3. The third kappa shape index (κ3) is 4.52. The van der Waals surface area contributed by atoms with Crippen LogP contribution in [0.3, 0.4) is 0 Å². The van der Waals surface area contributed by atoms with Crippen molar-refractivity contribution in [2.75, 3.05) is 13.2 Å². The number of rotatable bonds is 6. The zero-order valence-electron chi connectivity index (χ0n) is 12.1. The van der Waals surface area contributed by atoms with Gasteiger partial charge in [0, 0.05) is 6.04 Å². The Hall–Kier alpha value is -0.120. The molecule has 3 unspecified atom stereocenters. The van der Waals surface area contributed by atoms with Crippen molar-refractivity contribution in [2.24, 2.45) is 11.3 Å². The van der Waals surface area contributed by atoms with Gasteiger partial charge in [-0.3, -0.25) is 0 Å². The van der Waals surface area contributed by atoms with Crippen molar-refractivity contribution in [3.63, 3.8) is 0 Å². The average Bonchev–Trinajstić information content (AvgIpc) is 3.05. The van der Waals surface area contributed by atoms with Gasteiger partial charge in [0.15, 0.2) is 0 Å². The van der Waals surface area contributed by atoms with Gasteiger partial charge in [0.1, 0.15) is 0 Å². The highest BCUT2D eigenvalue weighted by Gasteiger charge is 2.33. The van der Waals surface area contributed by atoms with Crippen LogP contribution < -0.4 is 5.32 Å². The van der Waals surface area contributed by atoms with Crippen LogP contribution in [-0.2, 0) is 4.74 Å². The molecule has 0 aromatic carbocycles. The maximum Gasteiger partial charge on any atom is 0.0645 e. The number of aliphatic hydroxyl groups excluding tert-OH is 1. The molecule has 18 heavy (non-hydrogen) atoms. The quantitative estimate of drug-likeness (QED) is 0.765. The van der Waals surface area contributed by atoms with E-state index in [1.165, 1.54) is 25.7 Å². The van der Waals surface area contributed by atoms with Gasteiger partial charge in [-0.15, -0.1) is 0 Å². The van der Waals surface area contributed by atoms with E-state index in [1.807, 2.05) is 0 Å². The average molecular weight is 255 g/mol. The van der Waals surface area contributed by atoms with Gasteiger partial charge in [0.2, 0.25) is 0 Å². The van der Waals surface area contributed by atoms with Gasteiger partial charge in [0.05, 0.1) is 25.4 Å². The molecule has 0 spiro atoms. The zero-order chi connectivity index (χ0) is 13.2. The molecule has 0 aliphatic heterocycles. The van der Waals surface area contributed by atoms with Gasteiger partial charge in [-0.2, -0.15) is 0 Å². The molecule has 0 aromatic rings. The minimum absolute atomic E-state index is 0.123. The highest BCUT2D eigenvalue weighted by Crippen LogP contribution is 2.39. The van der Waals surface area contributed by atoms with Gasteiger partial charge in [-0.1, -0.05) is 20.8 Å². The second-order valence-electron chi connectivity index (χ2n) is 7.19. The molecule has 3 nitrogen and oxygen atoms in total. The summed E-state index contributed by atoms with van der Waals surface area (Å²) in [5, 5.41) is 12.8. The monoisotopic (exact) mass is 255 g/mol. The van der Waals surface area contributed by atoms with E-state index in [2.05, 4.69) is 26.1 Å². The number of nitrogens with one attached hydrogen (secondary N) is 1. The second kappa shape index (κ2) is 5.89. The first kappa shape index (κ1) is 14.3. The van der Waals surface area contributed by atoms with Crippen molar-refractivity contribution >= 4 is 0 Å². The first-order chi connectivity index (χ1) is 8.48. The summed E-state index contributed by atoms with van der Waals surface area (Å²) in [5.41, 5.74) is 0.404. The molecule has 0 radical (unpaired) electrons. The maximum atomic E-state index is 9.34. The fourth-order valence-electron chi connectivity index (χ4n) is 3.37. The first-order valence-electron chi connectivity index (χ1n) is 7.47. The third-order valence-electron chi connectivity index (χ3n) is 4.15. The van der Waals surface area contributed by atoms with Crippen molar-refractivity contribution in [1.82, 2.24) is 5.32 Å². The number of ether oxygens (including phenoxy) is 1. The maximum absolute atomic E-state index is 9.34. The van der Waals surface area contributed by atoms with Gasteiger partial charge in [-0.25, -0.2) is 0 Å². The molecule has 2 N–H and O–H groups in total. The smallest absolute Gasteiger partial charge is 0.0645 e. The van der Waals surface area contributed by atoms with E-state index in [0.29, 0.717) is 24.2 Å². The Labute approximate surface area is 111 Å². The van der Waals surface area contributed by atoms with Crippen LogP contribution in [0, 0.1) is 11.3 Å². The fourth-order valence-corrected chi connectivity index (χ4v) is 3.37. The van der Waals surface area contributed by atoms with E-state index in [1.54, 1.807) is 0 Å². The van der Waals surface area contributed by atoms with Crippen LogP contribution in [0.1, 0.15) is 52.9 Å². The summed E-state index contributed by atoms with van der Waals surface area (Å²) in [7, 11) is 0. The van der Waals surface area contributed by atoms with Crippen molar-refractivity contribution < 1.29 is 9.84 Å². The molecule has 2 aliphatic rings. The molecule has 0 aromatic heterocycles. The molecular weight excluding hydrogens is 226 g/mol. The summed E-state index contributed by atoms with van der Waals surface area (Å²) in [6, 6.07) is 0.755. The molecule has 2 fully saturated rings. The second-order valence-corrected chi connectivity index (χ2v) is 7.19. The Bertz CT molecular complexity index is 263. The van der Waals surface area contributed by atoms with E-state index in [-0.39, 0.29) is 12.6 Å². The summed E-state index contributed by atoms with van der Waals surface area (Å²) < 4.78 is 6.05. The van der Waals surface area contributed by atoms with Crippen LogP contribution in [0.4, 0.5) is 0 Å². The minimum Gasteiger partial charge on any atom is -0.395 e. The fraction of sp³-hybridized carbons (Fsp3) is 1.00. The number of hydrogen-bond donors (Lipinski definition) is 2. The SMILES string of the molecule is CC1CC(OCC(CO)NC2CC2)CC(C)(C)C1. The minimum atomic E-state index is 0.123. The van der Waals surface area contributed by atoms with E-state index in [0.717, 1.165) is 12.3 Å². The van der Waals surface area contributed by atoms with E-state index >= 15 is 0 Å². The molecule has 2 aliphatic carbocycles. The third-order valence-corrected chi connectivity index (χ3v) is 4.15. The summed E-state index contributed by atoms with van der Waals surface area (Å²) in [6.45, 7) is 7.84. The molecule has 3 atom stereocenters. The summed E-state index contributed by atoms with van der Waals surface area (Å²) in [4.78, 5) is 0. The zero-order valence-corrected chi connectivity index (χ0v) is 12.1. The van der Waals surface area contributed by atoms with Crippen LogP contribution in [-0.4, -0.2) is 36.5 Å². The lowest BCUT2D eigenvalue weighted by Crippen LogP contribution is -2.41. The van der Waals surface area contributed by atoms with Crippen LogP contribution in [0.15, 0.2) is 0 Å². The molecule has 106 valence electrons. The predicted molar refractivity (Wildman–Crippen MR) is 73.6 cm³/mol. The molecular formula is C15H29NO2. The van der Waals surface area contributed by atoms with E-state index in [4.69, 9.17) is 4.74 Å². The topological polar surface area (TPSA) is 41.5 Å². The van der Waals surface area contributed by atoms with Crippen LogP contribution in [0.2, 0.25) is 0 Å². The van der Waals surface area contributed by atoms with Gasteiger partial charge < -0.3 is 15.2 Å². The van der Waals surface area contributed by atoms with Gasteiger partial charge >= 0.3 is 0 Å². The van der Waals surface area contributed by atoms with Gasteiger partial charge in [0.25, 0.3) is 0 Å². The Morgan fingerprint density at radius 1 is 1.33 bits per heavy atom. The highest BCUT2D eigenvalue weighted by molar-refractivity contribution is 4.86. The molecule has 2 rings (SSSR count). The van der Waals surface area contributed by atoms with Crippen molar-refractivity contribution in [1.29, 1.82) is 0 Å². The van der Waals surface area contributed by atoms with E-state index < -0.39 is 0 Å². The highest BCUT2D eigenvalue weighted by atomic mass is 16.5. The normalized spacial score (nSPS) is 33.3. The molecule has 2 saturated carbocycles. The molecule has 0 bridgehead atoms. The predicted octanol–water partition coefficient (Wildman–Crippen LogP) is 2.33.